The lowest BCUT2D eigenvalue weighted by Gasteiger charge is -2.19. The van der Waals surface area contributed by atoms with E-state index in [0.717, 1.165) is 16.7 Å². The van der Waals surface area contributed by atoms with Gasteiger partial charge in [-0.3, -0.25) is 0 Å². The molecule has 0 aromatic carbocycles. The minimum atomic E-state index is -0.321. The topological polar surface area (TPSA) is 17.8 Å². The number of rotatable bonds is 0. The van der Waals surface area contributed by atoms with Crippen molar-refractivity contribution in [3.05, 3.63) is 28.2 Å². The molecule has 0 fully saturated rings. The molecule has 2 aromatic heterocycles. The van der Waals surface area contributed by atoms with Gasteiger partial charge < -0.3 is 4.57 Å². The Kier molecular flexibility index (Phi) is 2.57. The van der Waals surface area contributed by atoms with Gasteiger partial charge >= 0.3 is 0 Å². The summed E-state index contributed by atoms with van der Waals surface area (Å²) in [7, 11) is 1.96. The third-order valence-corrected chi connectivity index (χ3v) is 3.24. The Morgan fingerprint density at radius 1 is 1.31 bits per heavy atom. The summed E-state index contributed by atoms with van der Waals surface area (Å²) in [5.41, 5.74) is 1.98. The monoisotopic (exact) mass is 284 g/mol. The number of pyridine rings is 1. The highest BCUT2D eigenvalue weighted by Crippen LogP contribution is 2.29. The summed E-state index contributed by atoms with van der Waals surface area (Å²) in [6, 6.07) is 3.51. The van der Waals surface area contributed by atoms with Gasteiger partial charge in [0.15, 0.2) is 5.82 Å². The fourth-order valence-corrected chi connectivity index (χ4v) is 2.21. The molecule has 0 unspecified atom stereocenters. The Balaban J connectivity index is 2.79. The number of hydrogen-bond donors (Lipinski definition) is 0. The van der Waals surface area contributed by atoms with E-state index in [1.54, 1.807) is 0 Å². The normalized spacial score (nSPS) is 12.4. The third-order valence-electron chi connectivity index (χ3n) is 2.68. The van der Waals surface area contributed by atoms with Crippen LogP contribution in [0.25, 0.3) is 11.0 Å². The number of halogens is 2. The molecule has 0 radical (unpaired) electrons. The number of hydrogen-bond acceptors (Lipinski definition) is 1. The Bertz CT molecular complexity index is 552. The van der Waals surface area contributed by atoms with E-state index >= 15 is 0 Å². The molecule has 0 aliphatic heterocycles. The fourth-order valence-electron chi connectivity index (χ4n) is 1.92. The molecule has 0 spiro atoms. The van der Waals surface area contributed by atoms with Crippen LogP contribution in [0.2, 0.25) is 0 Å². The number of fused-ring (bicyclic) bond motifs is 1. The molecule has 0 saturated carbocycles. The van der Waals surface area contributed by atoms with E-state index in [-0.39, 0.29) is 15.8 Å². The molecule has 0 aliphatic rings. The van der Waals surface area contributed by atoms with Crippen molar-refractivity contribution in [2.75, 3.05) is 0 Å². The van der Waals surface area contributed by atoms with Crippen LogP contribution in [0.4, 0.5) is 4.39 Å². The highest BCUT2D eigenvalue weighted by Gasteiger charge is 2.20. The highest BCUT2D eigenvalue weighted by molar-refractivity contribution is 9.10. The van der Waals surface area contributed by atoms with Crippen molar-refractivity contribution in [3.63, 3.8) is 0 Å². The summed E-state index contributed by atoms with van der Waals surface area (Å²) >= 11 is 3.11. The fraction of sp³-hybridized carbons (Fsp3) is 0.417. The van der Waals surface area contributed by atoms with Crippen LogP contribution in [0.3, 0.4) is 0 Å². The van der Waals surface area contributed by atoms with E-state index < -0.39 is 0 Å². The van der Waals surface area contributed by atoms with E-state index in [9.17, 15) is 4.39 Å². The summed E-state index contributed by atoms with van der Waals surface area (Å²) < 4.78 is 15.6. The molecule has 0 atom stereocenters. The summed E-state index contributed by atoms with van der Waals surface area (Å²) in [5, 5.41) is 0.841. The Hall–Kier alpha value is -0.900. The van der Waals surface area contributed by atoms with Crippen molar-refractivity contribution < 1.29 is 4.39 Å². The molecule has 0 N–H and O–H groups in total. The average Bonchev–Trinajstić information content (AvgIpc) is 2.45. The second kappa shape index (κ2) is 3.55. The lowest BCUT2D eigenvalue weighted by molar-refractivity contribution is 0.546. The number of nitrogens with zero attached hydrogens (tertiary/aromatic N) is 2. The van der Waals surface area contributed by atoms with Crippen LogP contribution in [0, 0.1) is 5.82 Å². The Morgan fingerprint density at radius 3 is 2.50 bits per heavy atom. The second-order valence-electron chi connectivity index (χ2n) is 5.01. The van der Waals surface area contributed by atoms with Gasteiger partial charge in [-0.15, -0.1) is 0 Å². The summed E-state index contributed by atoms with van der Waals surface area (Å²) in [6.45, 7) is 6.39. The quantitative estimate of drug-likeness (QED) is 0.674. The average molecular weight is 285 g/mol. The molecule has 2 aromatic rings. The molecule has 86 valence electrons. The van der Waals surface area contributed by atoms with Gasteiger partial charge in [-0.25, -0.2) is 9.37 Å². The molecule has 0 aliphatic carbocycles. The Labute approximate surface area is 103 Å². The van der Waals surface area contributed by atoms with Crippen LogP contribution in [0.15, 0.2) is 16.7 Å². The zero-order valence-corrected chi connectivity index (χ0v) is 11.4. The summed E-state index contributed by atoms with van der Waals surface area (Å²) in [5.74, 6) is -0.321. The molecule has 0 amide bonds. The lowest BCUT2D eigenvalue weighted by atomic mass is 9.92. The van der Waals surface area contributed by atoms with Crippen LogP contribution in [0.5, 0.6) is 0 Å². The summed E-state index contributed by atoms with van der Waals surface area (Å²) in [6.07, 6.45) is 0. The second-order valence-corrected chi connectivity index (χ2v) is 5.76. The molecule has 16 heavy (non-hydrogen) atoms. The minimum absolute atomic E-state index is 0.0262. The maximum Gasteiger partial charge on any atom is 0.156 e. The number of aromatic nitrogens is 2. The third kappa shape index (κ3) is 1.75. The van der Waals surface area contributed by atoms with Crippen LogP contribution < -0.4 is 0 Å². The predicted molar refractivity (Wildman–Crippen MR) is 67.1 cm³/mol. The minimum Gasteiger partial charge on any atom is -0.332 e. The van der Waals surface area contributed by atoms with E-state index in [1.165, 1.54) is 6.07 Å². The van der Waals surface area contributed by atoms with Crippen LogP contribution in [0.1, 0.15) is 26.5 Å². The van der Waals surface area contributed by atoms with E-state index in [2.05, 4.69) is 41.7 Å². The smallest absolute Gasteiger partial charge is 0.156 e. The van der Waals surface area contributed by atoms with Crippen molar-refractivity contribution in [3.8, 4) is 0 Å². The van der Waals surface area contributed by atoms with Crippen molar-refractivity contribution in [2.45, 2.75) is 26.2 Å². The van der Waals surface area contributed by atoms with Gasteiger partial charge in [0.05, 0.1) is 0 Å². The lowest BCUT2D eigenvalue weighted by Crippen LogP contribution is -2.15. The zero-order chi connectivity index (χ0) is 12.1. The largest absolute Gasteiger partial charge is 0.332 e. The first-order chi connectivity index (χ1) is 7.30. The SMILES string of the molecule is Cn1c(C(C)(C)C)cc2cc(F)c(Br)nc21. The van der Waals surface area contributed by atoms with Gasteiger partial charge in [0.1, 0.15) is 10.3 Å². The van der Waals surface area contributed by atoms with Gasteiger partial charge in [0, 0.05) is 23.5 Å². The molecule has 0 bridgehead atoms. The van der Waals surface area contributed by atoms with Crippen molar-refractivity contribution in [2.24, 2.45) is 7.05 Å². The summed E-state index contributed by atoms with van der Waals surface area (Å²) in [4.78, 5) is 4.21. The van der Waals surface area contributed by atoms with Gasteiger partial charge in [0.25, 0.3) is 0 Å². The molecule has 4 heteroatoms. The molecule has 2 heterocycles. The van der Waals surface area contributed by atoms with Gasteiger partial charge in [-0.1, -0.05) is 20.8 Å². The first-order valence-corrected chi connectivity index (χ1v) is 5.92. The zero-order valence-electron chi connectivity index (χ0n) is 9.81. The van der Waals surface area contributed by atoms with Gasteiger partial charge in [-0.05, 0) is 28.1 Å². The standard InChI is InChI=1S/C12H14BrFN2/c1-12(2,3)9-6-7-5-8(14)10(13)15-11(7)16(9)4/h5-6H,1-4H3. The first-order valence-electron chi connectivity index (χ1n) is 5.12. The first kappa shape index (κ1) is 11.6. The van der Waals surface area contributed by atoms with Crippen LogP contribution in [-0.2, 0) is 12.5 Å². The van der Waals surface area contributed by atoms with E-state index in [1.807, 2.05) is 17.7 Å². The van der Waals surface area contributed by atoms with Gasteiger partial charge in [-0.2, -0.15) is 0 Å². The van der Waals surface area contributed by atoms with Crippen LogP contribution in [-0.4, -0.2) is 9.55 Å². The predicted octanol–water partition coefficient (Wildman–Crippen LogP) is 3.77. The maximum atomic E-state index is 13.4. The van der Waals surface area contributed by atoms with Crippen molar-refractivity contribution in [1.82, 2.24) is 9.55 Å². The van der Waals surface area contributed by atoms with E-state index in [0.29, 0.717) is 0 Å². The van der Waals surface area contributed by atoms with Crippen molar-refractivity contribution >= 4 is 27.0 Å². The molecular weight excluding hydrogens is 271 g/mol. The van der Waals surface area contributed by atoms with Crippen LogP contribution >= 0.6 is 15.9 Å². The van der Waals surface area contributed by atoms with Gasteiger partial charge in [0.2, 0.25) is 0 Å². The molecule has 2 nitrogen and oxygen atoms in total. The molecule has 0 saturated heterocycles. The van der Waals surface area contributed by atoms with Crippen molar-refractivity contribution in [1.29, 1.82) is 0 Å². The number of aryl methyl sites for hydroxylation is 1. The molecular formula is C12H14BrFN2. The maximum absolute atomic E-state index is 13.4. The molecule has 2 rings (SSSR count). The Morgan fingerprint density at radius 2 is 1.94 bits per heavy atom. The van der Waals surface area contributed by atoms with E-state index in [4.69, 9.17) is 0 Å². The highest BCUT2D eigenvalue weighted by atomic mass is 79.9.